The third kappa shape index (κ3) is 4.10. The Labute approximate surface area is 212 Å². The lowest BCUT2D eigenvalue weighted by atomic mass is 10.2. The van der Waals surface area contributed by atoms with Crippen LogP contribution in [0.4, 0.5) is 22.4 Å². The second-order valence-electron chi connectivity index (χ2n) is 9.64. The van der Waals surface area contributed by atoms with Crippen molar-refractivity contribution >= 4 is 29.5 Å². The van der Waals surface area contributed by atoms with E-state index in [-0.39, 0.29) is 25.0 Å². The molecule has 188 valence electrons. The van der Waals surface area contributed by atoms with Crippen molar-refractivity contribution in [3.8, 4) is 17.5 Å². The van der Waals surface area contributed by atoms with Gasteiger partial charge in [-0.15, -0.1) is 0 Å². The van der Waals surface area contributed by atoms with Gasteiger partial charge in [0, 0.05) is 38.7 Å². The van der Waals surface area contributed by atoms with Gasteiger partial charge in [0.2, 0.25) is 11.9 Å². The number of hydrogen-bond acceptors (Lipinski definition) is 9. The number of rotatable bonds is 6. The van der Waals surface area contributed by atoms with Crippen molar-refractivity contribution < 1.29 is 9.59 Å². The Bertz CT molecular complexity index is 1400. The van der Waals surface area contributed by atoms with Crippen molar-refractivity contribution in [1.29, 1.82) is 5.26 Å². The number of carbonyl (C=O) groups excluding carboxylic acids is 2. The average molecular weight is 500 g/mol. The van der Waals surface area contributed by atoms with E-state index in [0.717, 1.165) is 30.9 Å². The number of urea groups is 1. The van der Waals surface area contributed by atoms with E-state index in [2.05, 4.69) is 35.1 Å². The van der Waals surface area contributed by atoms with Crippen LogP contribution in [0.25, 0.3) is 11.4 Å². The Morgan fingerprint density at radius 1 is 1.22 bits per heavy atom. The van der Waals surface area contributed by atoms with E-state index in [1.807, 2.05) is 6.07 Å². The van der Waals surface area contributed by atoms with Crippen molar-refractivity contribution in [2.24, 2.45) is 11.8 Å². The minimum atomic E-state index is -0.644. The summed E-state index contributed by atoms with van der Waals surface area (Å²) in [6.07, 6.45) is 7.84. The molecule has 0 aromatic carbocycles. The minimum Gasteiger partial charge on any atom is -0.340 e. The van der Waals surface area contributed by atoms with Crippen LogP contribution in [-0.4, -0.2) is 73.0 Å². The van der Waals surface area contributed by atoms with Crippen LogP contribution >= 0.6 is 0 Å². The maximum atomic E-state index is 13.1. The van der Waals surface area contributed by atoms with Crippen molar-refractivity contribution in [3.63, 3.8) is 0 Å². The Balaban J connectivity index is 1.16. The lowest BCUT2D eigenvalue weighted by Crippen LogP contribution is -2.46. The predicted molar refractivity (Wildman–Crippen MR) is 132 cm³/mol. The van der Waals surface area contributed by atoms with Crippen molar-refractivity contribution in [3.05, 3.63) is 36.7 Å². The third-order valence-corrected chi connectivity index (χ3v) is 7.21. The molecule has 1 aliphatic carbocycles. The van der Waals surface area contributed by atoms with E-state index < -0.39 is 6.04 Å². The first kappa shape index (κ1) is 22.8. The zero-order chi connectivity index (χ0) is 25.7. The highest BCUT2D eigenvalue weighted by molar-refractivity contribution is 5.94. The SMILES string of the molecule is C[C@@H](C(=O)Nc1ccnc(-c2cnc(N3CC4CC4C3)nc2)n1)n1cnc2c1CN(CC#N)C(=O)N2C. The molecular formula is C24H25N11O2. The summed E-state index contributed by atoms with van der Waals surface area (Å²) in [7, 11) is 1.60. The molecule has 1 saturated carbocycles. The molecule has 0 radical (unpaired) electrons. The monoisotopic (exact) mass is 499 g/mol. The Morgan fingerprint density at radius 3 is 2.70 bits per heavy atom. The standard InChI is InChI=1S/C24H25N11O2/c1-14(35-13-29-21-18(35)12-33(6-4-25)24(37)32(21)2)22(36)31-19-3-5-26-20(30-19)17-8-27-23(28-9-17)34-10-15-7-16(15)11-34/h3,5,8-9,13-16H,6-7,10-12H2,1-2H3,(H,26,30,31,36)/t14-,15?,16?/m0/s1. The first-order chi connectivity index (χ1) is 17.9. The largest absolute Gasteiger partial charge is 0.340 e. The first-order valence-electron chi connectivity index (χ1n) is 12.1. The molecule has 2 unspecified atom stereocenters. The molecule has 2 fully saturated rings. The molecule has 13 nitrogen and oxygen atoms in total. The number of imidazole rings is 1. The third-order valence-electron chi connectivity index (χ3n) is 7.21. The molecule has 6 rings (SSSR count). The fraction of sp³-hybridized carbons (Fsp3) is 0.417. The number of piperidine rings is 1. The zero-order valence-electron chi connectivity index (χ0n) is 20.4. The van der Waals surface area contributed by atoms with Crippen LogP contribution < -0.4 is 15.1 Å². The highest BCUT2D eigenvalue weighted by atomic mass is 16.2. The normalized spacial score (nSPS) is 20.8. The van der Waals surface area contributed by atoms with Crippen molar-refractivity contribution in [2.45, 2.75) is 25.9 Å². The molecule has 3 atom stereocenters. The average Bonchev–Trinajstić information content (AvgIpc) is 3.30. The first-order valence-corrected chi connectivity index (χ1v) is 12.1. The minimum absolute atomic E-state index is 0.0537. The van der Waals surface area contributed by atoms with Gasteiger partial charge in [-0.3, -0.25) is 9.69 Å². The molecule has 3 aromatic rings. The van der Waals surface area contributed by atoms with Gasteiger partial charge in [0.05, 0.1) is 30.2 Å². The molecule has 1 saturated heterocycles. The Morgan fingerprint density at radius 2 is 1.97 bits per heavy atom. The lowest BCUT2D eigenvalue weighted by Gasteiger charge is -2.32. The van der Waals surface area contributed by atoms with Gasteiger partial charge in [-0.2, -0.15) is 5.26 Å². The summed E-state index contributed by atoms with van der Waals surface area (Å²) < 4.78 is 1.70. The smallest absolute Gasteiger partial charge is 0.326 e. The molecule has 3 aromatic heterocycles. The molecule has 0 spiro atoms. The Kier molecular flexibility index (Phi) is 5.44. The molecule has 2 aliphatic heterocycles. The van der Waals surface area contributed by atoms with Crippen LogP contribution in [0.3, 0.4) is 0 Å². The fourth-order valence-corrected chi connectivity index (χ4v) is 4.99. The van der Waals surface area contributed by atoms with Crippen molar-refractivity contribution in [1.82, 2.24) is 34.4 Å². The van der Waals surface area contributed by atoms with Gasteiger partial charge in [0.25, 0.3) is 0 Å². The zero-order valence-corrected chi connectivity index (χ0v) is 20.4. The number of amides is 3. The van der Waals surface area contributed by atoms with E-state index in [1.165, 1.54) is 22.5 Å². The number of fused-ring (bicyclic) bond motifs is 2. The molecule has 5 heterocycles. The van der Waals surface area contributed by atoms with Crippen LogP contribution in [0.15, 0.2) is 31.0 Å². The predicted octanol–water partition coefficient (Wildman–Crippen LogP) is 1.68. The van der Waals surface area contributed by atoms with Crippen LogP contribution in [-0.2, 0) is 11.3 Å². The Hall–Kier alpha value is -4.60. The molecule has 13 heteroatoms. The van der Waals surface area contributed by atoms with Gasteiger partial charge in [-0.05, 0) is 31.2 Å². The molecule has 0 bridgehead atoms. The summed E-state index contributed by atoms with van der Waals surface area (Å²) in [6.45, 7) is 3.91. The molecule has 1 N–H and O–H groups in total. The second kappa shape index (κ2) is 8.81. The van der Waals surface area contributed by atoms with Crippen LogP contribution in [0.2, 0.25) is 0 Å². The summed E-state index contributed by atoms with van der Waals surface area (Å²) in [5.41, 5.74) is 1.34. The van der Waals surface area contributed by atoms with Gasteiger partial charge in [0.15, 0.2) is 11.6 Å². The van der Waals surface area contributed by atoms with Crippen LogP contribution in [0.5, 0.6) is 0 Å². The van der Waals surface area contributed by atoms with E-state index in [9.17, 15) is 9.59 Å². The topological polar surface area (TPSA) is 149 Å². The van der Waals surface area contributed by atoms with Crippen molar-refractivity contribution in [2.75, 3.05) is 41.8 Å². The van der Waals surface area contributed by atoms with Gasteiger partial charge >= 0.3 is 6.03 Å². The summed E-state index contributed by atoms with van der Waals surface area (Å²) in [6, 6.07) is 2.66. The van der Waals surface area contributed by atoms with Crippen LogP contribution in [0.1, 0.15) is 25.1 Å². The highest BCUT2D eigenvalue weighted by Crippen LogP contribution is 2.45. The summed E-state index contributed by atoms with van der Waals surface area (Å²) >= 11 is 0. The lowest BCUT2D eigenvalue weighted by molar-refractivity contribution is -0.118. The quantitative estimate of drug-likeness (QED) is 0.500. The van der Waals surface area contributed by atoms with E-state index in [1.54, 1.807) is 43.2 Å². The van der Waals surface area contributed by atoms with Crippen LogP contribution in [0, 0.1) is 23.2 Å². The van der Waals surface area contributed by atoms with Gasteiger partial charge in [-0.25, -0.2) is 29.7 Å². The molecule has 3 aliphatic rings. The van der Waals surface area contributed by atoms with E-state index in [0.29, 0.717) is 28.7 Å². The number of hydrogen-bond donors (Lipinski definition) is 1. The van der Waals surface area contributed by atoms with Gasteiger partial charge < -0.3 is 19.7 Å². The van der Waals surface area contributed by atoms with E-state index in [4.69, 9.17) is 5.26 Å². The maximum absolute atomic E-state index is 13.1. The van der Waals surface area contributed by atoms with Gasteiger partial charge in [-0.1, -0.05) is 0 Å². The number of anilines is 3. The molecule has 3 amide bonds. The number of nitriles is 1. The maximum Gasteiger partial charge on any atom is 0.326 e. The molecule has 37 heavy (non-hydrogen) atoms. The number of aromatic nitrogens is 6. The fourth-order valence-electron chi connectivity index (χ4n) is 4.99. The summed E-state index contributed by atoms with van der Waals surface area (Å²) in [5.74, 6) is 3.22. The van der Waals surface area contributed by atoms with Gasteiger partial charge in [0.1, 0.15) is 18.4 Å². The number of carbonyl (C=O) groups is 2. The summed E-state index contributed by atoms with van der Waals surface area (Å²) in [5, 5.41) is 11.9. The summed E-state index contributed by atoms with van der Waals surface area (Å²) in [4.78, 5) is 52.7. The second-order valence-corrected chi connectivity index (χ2v) is 9.64. The number of nitrogens with zero attached hydrogens (tertiary/aromatic N) is 10. The highest BCUT2D eigenvalue weighted by Gasteiger charge is 2.45. The number of nitrogens with one attached hydrogen (secondary N) is 1. The van der Waals surface area contributed by atoms with E-state index >= 15 is 0 Å². The molecular weight excluding hydrogens is 474 g/mol.